The monoisotopic (exact) mass is 148 g/mol. The third-order valence-corrected chi connectivity index (χ3v) is 2.54. The van der Waals surface area contributed by atoms with Gasteiger partial charge in [0.25, 0.3) is 0 Å². The van der Waals surface area contributed by atoms with Crippen LogP contribution in [-0.4, -0.2) is 31.6 Å². The minimum absolute atomic E-state index is 0.182. The summed E-state index contributed by atoms with van der Waals surface area (Å²) < 4.78 is 0. The van der Waals surface area contributed by atoms with Crippen molar-refractivity contribution < 1.29 is 0 Å². The van der Waals surface area contributed by atoms with E-state index in [1.54, 1.807) is 0 Å². The van der Waals surface area contributed by atoms with Gasteiger partial charge in [-0.05, 0) is 20.0 Å². The molecule has 3 heteroatoms. The highest BCUT2D eigenvalue weighted by molar-refractivity contribution is 6.18. The standard InChI is InChI=1S/C6H13ClN2/c1-8-6(4-7)2-3-9-5-6/h8-9H,2-5H2,1H3. The first kappa shape index (κ1) is 7.32. The first-order valence-corrected chi connectivity index (χ1v) is 3.82. The maximum absolute atomic E-state index is 5.76. The van der Waals surface area contributed by atoms with E-state index in [1.807, 2.05) is 7.05 Å². The molecule has 1 atom stereocenters. The highest BCUT2D eigenvalue weighted by atomic mass is 35.5. The molecular weight excluding hydrogens is 136 g/mol. The number of likely N-dealkylation sites (N-methyl/N-ethyl adjacent to an activating group) is 1. The maximum Gasteiger partial charge on any atom is 0.0452 e. The molecule has 2 N–H and O–H groups in total. The second-order valence-corrected chi connectivity index (χ2v) is 2.86. The number of halogens is 1. The summed E-state index contributed by atoms with van der Waals surface area (Å²) in [7, 11) is 1.97. The molecule has 1 heterocycles. The fourth-order valence-electron chi connectivity index (χ4n) is 1.14. The zero-order valence-corrected chi connectivity index (χ0v) is 6.46. The summed E-state index contributed by atoms with van der Waals surface area (Å²) >= 11 is 5.76. The lowest BCUT2D eigenvalue weighted by atomic mass is 10.0. The lowest BCUT2D eigenvalue weighted by Gasteiger charge is -2.24. The van der Waals surface area contributed by atoms with Crippen LogP contribution in [0.4, 0.5) is 0 Å². The summed E-state index contributed by atoms with van der Waals surface area (Å²) in [5.74, 6) is 0.705. The molecule has 0 saturated carbocycles. The predicted molar refractivity (Wildman–Crippen MR) is 40.0 cm³/mol. The fraction of sp³-hybridized carbons (Fsp3) is 1.00. The van der Waals surface area contributed by atoms with E-state index >= 15 is 0 Å². The molecule has 9 heavy (non-hydrogen) atoms. The van der Waals surface area contributed by atoms with Gasteiger partial charge < -0.3 is 10.6 Å². The Hall–Kier alpha value is 0.210. The summed E-state index contributed by atoms with van der Waals surface area (Å²) in [6, 6.07) is 0. The molecule has 2 nitrogen and oxygen atoms in total. The highest BCUT2D eigenvalue weighted by Crippen LogP contribution is 2.14. The summed E-state index contributed by atoms with van der Waals surface area (Å²) in [6.07, 6.45) is 1.15. The molecule has 1 saturated heterocycles. The van der Waals surface area contributed by atoms with Gasteiger partial charge in [0.2, 0.25) is 0 Å². The molecule has 1 unspecified atom stereocenters. The van der Waals surface area contributed by atoms with Crippen LogP contribution < -0.4 is 10.6 Å². The van der Waals surface area contributed by atoms with Crippen LogP contribution >= 0.6 is 11.6 Å². The molecule has 0 amide bonds. The maximum atomic E-state index is 5.76. The first-order valence-electron chi connectivity index (χ1n) is 3.29. The Labute approximate surface area is 61.0 Å². The third-order valence-electron chi connectivity index (χ3n) is 2.03. The van der Waals surface area contributed by atoms with Gasteiger partial charge in [-0.3, -0.25) is 0 Å². The summed E-state index contributed by atoms with van der Waals surface area (Å²) in [5.41, 5.74) is 0.182. The van der Waals surface area contributed by atoms with Crippen LogP contribution in [-0.2, 0) is 0 Å². The summed E-state index contributed by atoms with van der Waals surface area (Å²) in [6.45, 7) is 2.10. The van der Waals surface area contributed by atoms with Gasteiger partial charge in [-0.25, -0.2) is 0 Å². The minimum Gasteiger partial charge on any atom is -0.315 e. The SMILES string of the molecule is CNC1(CCl)CCNC1. The zero-order valence-electron chi connectivity index (χ0n) is 5.71. The molecule has 0 spiro atoms. The second kappa shape index (κ2) is 2.86. The molecule has 1 rings (SSSR count). The Kier molecular flexibility index (Phi) is 2.33. The first-order chi connectivity index (χ1) is 4.33. The molecule has 1 aliphatic rings. The third kappa shape index (κ3) is 1.37. The van der Waals surface area contributed by atoms with Gasteiger partial charge in [0.05, 0.1) is 0 Å². The lowest BCUT2D eigenvalue weighted by Crippen LogP contribution is -2.46. The number of nitrogens with one attached hydrogen (secondary N) is 2. The summed E-state index contributed by atoms with van der Waals surface area (Å²) in [4.78, 5) is 0. The number of rotatable bonds is 2. The molecule has 0 aromatic carbocycles. The van der Waals surface area contributed by atoms with E-state index in [-0.39, 0.29) is 5.54 Å². The Morgan fingerprint density at radius 2 is 2.56 bits per heavy atom. The van der Waals surface area contributed by atoms with E-state index < -0.39 is 0 Å². The van der Waals surface area contributed by atoms with Crippen molar-refractivity contribution >= 4 is 11.6 Å². The molecule has 0 aromatic heterocycles. The topological polar surface area (TPSA) is 24.1 Å². The van der Waals surface area contributed by atoms with Gasteiger partial charge in [-0.15, -0.1) is 11.6 Å². The predicted octanol–water partition coefficient (Wildman–Crippen LogP) is 0.177. The van der Waals surface area contributed by atoms with Crippen LogP contribution in [0.3, 0.4) is 0 Å². The Balaban J connectivity index is 2.45. The van der Waals surface area contributed by atoms with Gasteiger partial charge in [0.1, 0.15) is 0 Å². The fourth-order valence-corrected chi connectivity index (χ4v) is 1.50. The molecule has 1 aliphatic heterocycles. The minimum atomic E-state index is 0.182. The van der Waals surface area contributed by atoms with E-state index in [9.17, 15) is 0 Å². The Morgan fingerprint density at radius 1 is 1.78 bits per heavy atom. The van der Waals surface area contributed by atoms with Crippen LogP contribution in [0, 0.1) is 0 Å². The van der Waals surface area contributed by atoms with Gasteiger partial charge in [0.15, 0.2) is 0 Å². The van der Waals surface area contributed by atoms with Gasteiger partial charge in [-0.2, -0.15) is 0 Å². The van der Waals surface area contributed by atoms with Crippen LogP contribution in [0.2, 0.25) is 0 Å². The van der Waals surface area contributed by atoms with E-state index in [1.165, 1.54) is 0 Å². The quantitative estimate of drug-likeness (QED) is 0.546. The number of hydrogen-bond acceptors (Lipinski definition) is 2. The van der Waals surface area contributed by atoms with E-state index in [0.29, 0.717) is 5.88 Å². The smallest absolute Gasteiger partial charge is 0.0452 e. The van der Waals surface area contributed by atoms with Crippen molar-refractivity contribution in [1.29, 1.82) is 0 Å². The van der Waals surface area contributed by atoms with Crippen LogP contribution in [0.25, 0.3) is 0 Å². The average molecular weight is 149 g/mol. The second-order valence-electron chi connectivity index (χ2n) is 2.59. The van der Waals surface area contributed by atoms with Crippen LogP contribution in [0.15, 0.2) is 0 Å². The van der Waals surface area contributed by atoms with Crippen molar-refractivity contribution in [2.24, 2.45) is 0 Å². The largest absolute Gasteiger partial charge is 0.315 e. The Bertz CT molecular complexity index is 83.1. The van der Waals surface area contributed by atoms with Crippen molar-refractivity contribution in [1.82, 2.24) is 10.6 Å². The van der Waals surface area contributed by atoms with Crippen LogP contribution in [0.5, 0.6) is 0 Å². The van der Waals surface area contributed by atoms with E-state index in [0.717, 1.165) is 19.5 Å². The normalized spacial score (nSPS) is 35.3. The highest BCUT2D eigenvalue weighted by Gasteiger charge is 2.30. The molecule has 0 bridgehead atoms. The van der Waals surface area contributed by atoms with Gasteiger partial charge in [-0.1, -0.05) is 0 Å². The van der Waals surface area contributed by atoms with Crippen LogP contribution in [0.1, 0.15) is 6.42 Å². The van der Waals surface area contributed by atoms with Crippen molar-refractivity contribution in [3.05, 3.63) is 0 Å². The van der Waals surface area contributed by atoms with E-state index in [4.69, 9.17) is 11.6 Å². The van der Waals surface area contributed by atoms with E-state index in [2.05, 4.69) is 10.6 Å². The average Bonchev–Trinajstić information content (AvgIpc) is 2.36. The summed E-state index contributed by atoms with van der Waals surface area (Å²) in [5, 5.41) is 6.50. The molecule has 0 aliphatic carbocycles. The number of alkyl halides is 1. The van der Waals surface area contributed by atoms with Gasteiger partial charge >= 0.3 is 0 Å². The zero-order chi connectivity index (χ0) is 6.74. The number of hydrogen-bond donors (Lipinski definition) is 2. The van der Waals surface area contributed by atoms with Crippen molar-refractivity contribution in [2.45, 2.75) is 12.0 Å². The van der Waals surface area contributed by atoms with Crippen molar-refractivity contribution in [3.8, 4) is 0 Å². The Morgan fingerprint density at radius 3 is 2.78 bits per heavy atom. The lowest BCUT2D eigenvalue weighted by molar-refractivity contribution is 0.429. The molecular formula is C6H13ClN2. The van der Waals surface area contributed by atoms with Crippen molar-refractivity contribution in [2.75, 3.05) is 26.0 Å². The van der Waals surface area contributed by atoms with Crippen molar-refractivity contribution in [3.63, 3.8) is 0 Å². The molecule has 54 valence electrons. The molecule has 0 radical (unpaired) electrons. The molecule has 0 aromatic rings. The van der Waals surface area contributed by atoms with Gasteiger partial charge in [0, 0.05) is 18.0 Å². The molecule has 1 fully saturated rings.